The Morgan fingerprint density at radius 3 is 2.52 bits per heavy atom. The topological polar surface area (TPSA) is 58.6 Å². The molecular formula is C20H22N2O3S2. The number of hydrogen-bond donors (Lipinski definition) is 1. The molecule has 1 N–H and O–H groups in total. The van der Waals surface area contributed by atoms with Crippen LogP contribution in [0.4, 0.5) is 5.69 Å². The third-order valence-electron chi connectivity index (χ3n) is 4.13. The van der Waals surface area contributed by atoms with E-state index in [1.807, 2.05) is 47.8 Å². The largest absolute Gasteiger partial charge is 0.497 e. The van der Waals surface area contributed by atoms with Crippen molar-refractivity contribution < 1.29 is 14.3 Å². The summed E-state index contributed by atoms with van der Waals surface area (Å²) in [6.45, 7) is -0.0217. The maximum Gasteiger partial charge on any atom is 0.254 e. The van der Waals surface area contributed by atoms with Gasteiger partial charge in [-0.2, -0.15) is 0 Å². The third-order valence-corrected chi connectivity index (χ3v) is 7.24. The smallest absolute Gasteiger partial charge is 0.254 e. The summed E-state index contributed by atoms with van der Waals surface area (Å²) in [6, 6.07) is 14.8. The number of nitrogens with zero attached hydrogens (tertiary/aromatic N) is 1. The lowest BCUT2D eigenvalue weighted by Crippen LogP contribution is -2.34. The Balaban J connectivity index is 1.57. The van der Waals surface area contributed by atoms with Crippen molar-refractivity contribution in [1.29, 1.82) is 0 Å². The molecule has 2 amide bonds. The van der Waals surface area contributed by atoms with Crippen LogP contribution in [-0.4, -0.2) is 48.9 Å². The Bertz CT molecular complexity index is 805. The number of amides is 2. The molecule has 0 aliphatic carbocycles. The normalized spacial score (nSPS) is 14.0. The van der Waals surface area contributed by atoms with Crippen molar-refractivity contribution in [3.63, 3.8) is 0 Å². The van der Waals surface area contributed by atoms with Gasteiger partial charge in [0, 0.05) is 35.9 Å². The zero-order valence-electron chi connectivity index (χ0n) is 15.3. The molecule has 0 spiro atoms. The van der Waals surface area contributed by atoms with Crippen LogP contribution in [0.25, 0.3) is 0 Å². The summed E-state index contributed by atoms with van der Waals surface area (Å²) in [4.78, 5) is 26.2. The van der Waals surface area contributed by atoms with Crippen LogP contribution in [-0.2, 0) is 4.79 Å². The molecule has 0 radical (unpaired) electrons. The number of likely N-dealkylation sites (N-methyl/N-ethyl adjacent to an activating group) is 1. The van der Waals surface area contributed by atoms with Gasteiger partial charge in [-0.05, 0) is 29.8 Å². The number of carbonyl (C=O) groups is 2. The third kappa shape index (κ3) is 5.20. The Morgan fingerprint density at radius 1 is 1.15 bits per heavy atom. The molecule has 1 saturated heterocycles. The van der Waals surface area contributed by atoms with Gasteiger partial charge < -0.3 is 15.0 Å². The van der Waals surface area contributed by atoms with E-state index in [2.05, 4.69) is 5.32 Å². The number of hydrogen-bond acceptors (Lipinski definition) is 5. The first-order chi connectivity index (χ1) is 13.1. The van der Waals surface area contributed by atoms with Crippen LogP contribution in [0, 0.1) is 0 Å². The Kier molecular flexibility index (Phi) is 6.68. The van der Waals surface area contributed by atoms with Crippen LogP contribution in [0.5, 0.6) is 5.75 Å². The van der Waals surface area contributed by atoms with Crippen molar-refractivity contribution in [3.8, 4) is 5.75 Å². The highest BCUT2D eigenvalue weighted by Gasteiger charge is 2.19. The molecule has 3 rings (SSSR count). The van der Waals surface area contributed by atoms with Crippen molar-refractivity contribution >= 4 is 41.0 Å². The van der Waals surface area contributed by atoms with E-state index >= 15 is 0 Å². The number of benzene rings is 2. The van der Waals surface area contributed by atoms with Crippen LogP contribution in [0.1, 0.15) is 20.5 Å². The van der Waals surface area contributed by atoms with E-state index in [4.69, 9.17) is 4.74 Å². The molecule has 0 atom stereocenters. The van der Waals surface area contributed by atoms with E-state index in [-0.39, 0.29) is 18.4 Å². The van der Waals surface area contributed by atoms with E-state index < -0.39 is 0 Å². The number of ether oxygens (including phenoxy) is 1. The first-order valence-electron chi connectivity index (χ1n) is 8.59. The number of carbonyl (C=O) groups excluding carboxylic acids is 2. The fourth-order valence-electron chi connectivity index (χ4n) is 2.74. The summed E-state index contributed by atoms with van der Waals surface area (Å²) in [5.74, 6) is 2.57. The number of thioether (sulfide) groups is 2. The van der Waals surface area contributed by atoms with E-state index in [9.17, 15) is 9.59 Å². The molecule has 1 fully saturated rings. The quantitative estimate of drug-likeness (QED) is 0.795. The van der Waals surface area contributed by atoms with Gasteiger partial charge in [0.1, 0.15) is 5.75 Å². The van der Waals surface area contributed by atoms with Crippen LogP contribution in [0.3, 0.4) is 0 Å². The van der Waals surface area contributed by atoms with Gasteiger partial charge in [0.25, 0.3) is 5.91 Å². The predicted molar refractivity (Wildman–Crippen MR) is 113 cm³/mol. The van der Waals surface area contributed by atoms with Gasteiger partial charge in [0.15, 0.2) is 0 Å². The van der Waals surface area contributed by atoms with Crippen LogP contribution < -0.4 is 10.1 Å². The summed E-state index contributed by atoms with van der Waals surface area (Å²) in [5, 5.41) is 2.78. The second kappa shape index (κ2) is 9.19. The minimum atomic E-state index is -0.255. The monoisotopic (exact) mass is 402 g/mol. The molecule has 0 saturated carbocycles. The van der Waals surface area contributed by atoms with E-state index in [1.54, 1.807) is 38.4 Å². The van der Waals surface area contributed by atoms with E-state index in [0.29, 0.717) is 21.6 Å². The molecule has 142 valence electrons. The zero-order chi connectivity index (χ0) is 19.2. The zero-order valence-corrected chi connectivity index (χ0v) is 16.9. The number of rotatable bonds is 6. The maximum atomic E-state index is 12.6. The highest BCUT2D eigenvalue weighted by Crippen LogP contribution is 2.45. The summed E-state index contributed by atoms with van der Waals surface area (Å²) in [7, 11) is 3.20. The van der Waals surface area contributed by atoms with Gasteiger partial charge in [0.2, 0.25) is 5.91 Å². The fraction of sp³-hybridized carbons (Fsp3) is 0.300. The summed E-state index contributed by atoms with van der Waals surface area (Å²) >= 11 is 3.87. The van der Waals surface area contributed by atoms with Crippen LogP contribution >= 0.6 is 23.5 Å². The lowest BCUT2D eigenvalue weighted by Gasteiger charge is -2.17. The molecule has 0 aromatic heterocycles. The molecule has 2 aromatic rings. The molecule has 1 heterocycles. The number of anilines is 1. The van der Waals surface area contributed by atoms with Crippen LogP contribution in [0.2, 0.25) is 0 Å². The van der Waals surface area contributed by atoms with Gasteiger partial charge in [-0.3, -0.25) is 9.59 Å². The molecule has 27 heavy (non-hydrogen) atoms. The molecule has 2 aromatic carbocycles. The summed E-state index contributed by atoms with van der Waals surface area (Å²) < 4.78 is 5.60. The average molecular weight is 403 g/mol. The molecule has 5 nitrogen and oxygen atoms in total. The lowest BCUT2D eigenvalue weighted by atomic mass is 10.1. The molecule has 1 aliphatic heterocycles. The van der Waals surface area contributed by atoms with Crippen molar-refractivity contribution in [2.24, 2.45) is 0 Å². The second-order valence-corrected chi connectivity index (χ2v) is 8.86. The van der Waals surface area contributed by atoms with Gasteiger partial charge in [-0.25, -0.2) is 0 Å². The Hall–Kier alpha value is -2.12. The summed E-state index contributed by atoms with van der Waals surface area (Å²) in [5.41, 5.74) is 2.46. The van der Waals surface area contributed by atoms with Gasteiger partial charge in [-0.15, -0.1) is 23.5 Å². The Morgan fingerprint density at radius 2 is 1.85 bits per heavy atom. The Labute approximate surface area is 167 Å². The van der Waals surface area contributed by atoms with E-state index in [1.165, 1.54) is 22.0 Å². The lowest BCUT2D eigenvalue weighted by molar-refractivity contribution is -0.116. The van der Waals surface area contributed by atoms with Crippen molar-refractivity contribution in [1.82, 2.24) is 4.90 Å². The predicted octanol–water partition coefficient (Wildman–Crippen LogP) is 3.88. The highest BCUT2D eigenvalue weighted by molar-refractivity contribution is 8.19. The highest BCUT2D eigenvalue weighted by atomic mass is 32.2. The molecule has 7 heteroatoms. The number of methoxy groups -OCH3 is 1. The SMILES string of the molecule is COc1cccc(NC(=O)CN(C)C(=O)c2ccc(C3SCCS3)cc2)c1. The number of nitrogens with one attached hydrogen (secondary N) is 1. The van der Waals surface area contributed by atoms with Gasteiger partial charge in [-0.1, -0.05) is 18.2 Å². The molecular weight excluding hydrogens is 380 g/mol. The van der Waals surface area contributed by atoms with Crippen LogP contribution in [0.15, 0.2) is 48.5 Å². The molecule has 0 unspecified atom stereocenters. The first-order valence-corrected chi connectivity index (χ1v) is 10.7. The molecule has 0 bridgehead atoms. The van der Waals surface area contributed by atoms with E-state index in [0.717, 1.165) is 0 Å². The van der Waals surface area contributed by atoms with Crippen molar-refractivity contribution in [2.45, 2.75) is 4.58 Å². The van der Waals surface area contributed by atoms with Gasteiger partial charge >= 0.3 is 0 Å². The maximum absolute atomic E-state index is 12.6. The van der Waals surface area contributed by atoms with Crippen molar-refractivity contribution in [3.05, 3.63) is 59.7 Å². The second-order valence-electron chi connectivity index (χ2n) is 6.14. The fourth-order valence-corrected chi connectivity index (χ4v) is 5.60. The standard InChI is InChI=1S/C20H22N2O3S2/c1-22(13-18(23)21-16-4-3-5-17(12-16)25-2)19(24)14-6-8-15(9-7-14)20-26-10-11-27-20/h3-9,12,20H,10-11,13H2,1-2H3,(H,21,23). The summed E-state index contributed by atoms with van der Waals surface area (Å²) in [6.07, 6.45) is 0. The van der Waals surface area contributed by atoms with Gasteiger partial charge in [0.05, 0.1) is 18.2 Å². The van der Waals surface area contributed by atoms with Crippen molar-refractivity contribution in [2.75, 3.05) is 37.5 Å². The minimum absolute atomic E-state index is 0.0217. The average Bonchev–Trinajstić information content (AvgIpc) is 3.22. The minimum Gasteiger partial charge on any atom is -0.497 e. The first kappa shape index (κ1) is 19.6. The molecule has 1 aliphatic rings.